The van der Waals surface area contributed by atoms with Gasteiger partial charge in [0.2, 0.25) is 0 Å². The molecule has 2 heterocycles. The van der Waals surface area contributed by atoms with Gasteiger partial charge in [0.1, 0.15) is 0 Å². The van der Waals surface area contributed by atoms with Crippen molar-refractivity contribution in [2.45, 2.75) is 32.3 Å². The van der Waals surface area contributed by atoms with Crippen LogP contribution in [-0.4, -0.2) is 9.51 Å². The molecule has 134 valence electrons. The minimum Gasteiger partial charge on any atom is -0.396 e. The van der Waals surface area contributed by atoms with E-state index in [0.717, 1.165) is 40.6 Å². The minimum atomic E-state index is -0.258. The smallest absolute Gasteiger partial charge is 0.260 e. The third kappa shape index (κ3) is 2.69. The molecule has 0 saturated heterocycles. The Balaban J connectivity index is 2.04. The number of nitrogen functional groups attached to an aromatic ring is 1. The van der Waals surface area contributed by atoms with E-state index in [2.05, 4.69) is 0 Å². The van der Waals surface area contributed by atoms with Crippen LogP contribution in [0, 0.1) is 6.92 Å². The van der Waals surface area contributed by atoms with Crippen molar-refractivity contribution in [3.8, 4) is 11.1 Å². The Labute approximate surface area is 160 Å². The zero-order chi connectivity index (χ0) is 18.6. The lowest BCUT2D eigenvalue weighted by atomic mass is 9.96. The van der Waals surface area contributed by atoms with E-state index in [4.69, 9.17) is 28.9 Å². The lowest BCUT2D eigenvalue weighted by Crippen LogP contribution is -2.20. The molecule has 0 bridgehead atoms. The van der Waals surface area contributed by atoms with Crippen LogP contribution in [0.4, 0.5) is 5.69 Å². The zero-order valence-corrected chi connectivity index (χ0v) is 15.7. The summed E-state index contributed by atoms with van der Waals surface area (Å²) < 4.78 is 1.64. The highest BCUT2D eigenvalue weighted by molar-refractivity contribution is 6.39. The molecule has 4 nitrogen and oxygen atoms in total. The third-order valence-corrected chi connectivity index (χ3v) is 5.69. The predicted octanol–water partition coefficient (Wildman–Crippen LogP) is 4.53. The molecule has 1 aromatic carbocycles. The molecule has 1 saturated carbocycles. The Morgan fingerprint density at radius 2 is 1.88 bits per heavy atom. The standard InChI is InChI=1S/C20H18Cl2N2O2/c1-10-14(12-7-16(21)18(23)17(22)8-12)4-5-24-19(10)15(11-2-3-11)6-13(9-25)20(24)26/h4-8,11,25H,2-3,9,23H2,1H3. The summed E-state index contributed by atoms with van der Waals surface area (Å²) >= 11 is 12.4. The number of pyridine rings is 2. The summed E-state index contributed by atoms with van der Waals surface area (Å²) in [5.41, 5.74) is 11.2. The Hall–Kier alpha value is -2.01. The number of nitrogens with zero attached hydrogens (tertiary/aromatic N) is 1. The van der Waals surface area contributed by atoms with Gasteiger partial charge in [0, 0.05) is 11.8 Å². The summed E-state index contributed by atoms with van der Waals surface area (Å²) in [5, 5.41) is 10.3. The van der Waals surface area contributed by atoms with Crippen LogP contribution < -0.4 is 11.3 Å². The molecule has 0 spiro atoms. The van der Waals surface area contributed by atoms with Crippen LogP contribution >= 0.6 is 23.2 Å². The number of rotatable bonds is 3. The fourth-order valence-electron chi connectivity index (χ4n) is 3.53. The molecule has 0 radical (unpaired) electrons. The Morgan fingerprint density at radius 3 is 2.46 bits per heavy atom. The second-order valence-corrected chi connectivity index (χ2v) is 7.60. The van der Waals surface area contributed by atoms with E-state index in [-0.39, 0.29) is 12.2 Å². The van der Waals surface area contributed by atoms with Gasteiger partial charge in [-0.25, -0.2) is 0 Å². The van der Waals surface area contributed by atoms with Crippen molar-refractivity contribution in [3.63, 3.8) is 0 Å². The molecule has 0 amide bonds. The van der Waals surface area contributed by atoms with E-state index in [1.165, 1.54) is 0 Å². The molecule has 2 aromatic heterocycles. The first-order valence-corrected chi connectivity index (χ1v) is 9.21. The highest BCUT2D eigenvalue weighted by atomic mass is 35.5. The summed E-state index contributed by atoms with van der Waals surface area (Å²) in [6.07, 6.45) is 3.95. The quantitative estimate of drug-likeness (QED) is 0.647. The van der Waals surface area contributed by atoms with Crippen molar-refractivity contribution >= 4 is 34.4 Å². The molecule has 0 unspecified atom stereocenters. The minimum absolute atomic E-state index is 0.185. The van der Waals surface area contributed by atoms with E-state index in [1.807, 2.05) is 19.1 Å². The first-order valence-electron chi connectivity index (χ1n) is 8.46. The summed E-state index contributed by atoms with van der Waals surface area (Å²) in [7, 11) is 0. The zero-order valence-electron chi connectivity index (χ0n) is 14.2. The number of hydrogen-bond acceptors (Lipinski definition) is 3. The molecular formula is C20H18Cl2N2O2. The van der Waals surface area contributed by atoms with Gasteiger partial charge in [-0.1, -0.05) is 23.2 Å². The number of aryl methyl sites for hydroxylation is 1. The van der Waals surface area contributed by atoms with E-state index in [1.54, 1.807) is 22.7 Å². The monoisotopic (exact) mass is 388 g/mol. The fourth-order valence-corrected chi connectivity index (χ4v) is 4.01. The molecule has 1 fully saturated rings. The molecule has 26 heavy (non-hydrogen) atoms. The molecular weight excluding hydrogens is 371 g/mol. The summed E-state index contributed by atoms with van der Waals surface area (Å²) in [5.74, 6) is 0.434. The summed E-state index contributed by atoms with van der Waals surface area (Å²) in [6.45, 7) is 1.73. The lowest BCUT2D eigenvalue weighted by molar-refractivity contribution is 0.280. The highest BCUT2D eigenvalue weighted by Gasteiger charge is 2.28. The molecule has 0 atom stereocenters. The van der Waals surface area contributed by atoms with Crippen LogP contribution in [0.2, 0.25) is 10.0 Å². The number of halogens is 2. The van der Waals surface area contributed by atoms with Gasteiger partial charge in [0.15, 0.2) is 0 Å². The van der Waals surface area contributed by atoms with Crippen LogP contribution in [0.15, 0.2) is 35.3 Å². The van der Waals surface area contributed by atoms with Gasteiger partial charge in [-0.15, -0.1) is 0 Å². The van der Waals surface area contributed by atoms with Crippen molar-refractivity contribution in [2.75, 3.05) is 5.73 Å². The van der Waals surface area contributed by atoms with Crippen molar-refractivity contribution in [3.05, 3.63) is 67.6 Å². The van der Waals surface area contributed by atoms with Gasteiger partial charge in [-0.05, 0) is 72.2 Å². The van der Waals surface area contributed by atoms with Crippen LogP contribution in [0.5, 0.6) is 0 Å². The van der Waals surface area contributed by atoms with Gasteiger partial charge in [0.25, 0.3) is 5.56 Å². The lowest BCUT2D eigenvalue weighted by Gasteiger charge is -2.16. The first kappa shape index (κ1) is 17.4. The van der Waals surface area contributed by atoms with E-state index < -0.39 is 0 Å². The van der Waals surface area contributed by atoms with Crippen molar-refractivity contribution in [2.24, 2.45) is 0 Å². The Kier molecular flexibility index (Phi) is 4.22. The Morgan fingerprint density at radius 1 is 1.23 bits per heavy atom. The number of hydrogen-bond donors (Lipinski definition) is 2. The summed E-state index contributed by atoms with van der Waals surface area (Å²) in [4.78, 5) is 12.7. The molecule has 4 rings (SSSR count). The number of fused-ring (bicyclic) bond motifs is 1. The van der Waals surface area contributed by atoms with Gasteiger partial charge in [-0.3, -0.25) is 9.20 Å². The molecule has 6 heteroatoms. The predicted molar refractivity (Wildman–Crippen MR) is 106 cm³/mol. The molecule has 1 aliphatic carbocycles. The van der Waals surface area contributed by atoms with Crippen molar-refractivity contribution in [1.82, 2.24) is 4.40 Å². The SMILES string of the molecule is Cc1c(-c2cc(Cl)c(N)c(Cl)c2)ccn2c(=O)c(CO)cc(C3CC3)c12. The number of anilines is 1. The average molecular weight is 389 g/mol. The van der Waals surface area contributed by atoms with Gasteiger partial charge in [0.05, 0.1) is 27.9 Å². The number of aliphatic hydroxyl groups is 1. The molecule has 3 aromatic rings. The maximum atomic E-state index is 12.7. The van der Waals surface area contributed by atoms with Crippen LogP contribution in [-0.2, 0) is 6.61 Å². The van der Waals surface area contributed by atoms with E-state index in [9.17, 15) is 9.90 Å². The van der Waals surface area contributed by atoms with Crippen LogP contribution in [0.3, 0.4) is 0 Å². The number of aliphatic hydroxyl groups excluding tert-OH is 1. The van der Waals surface area contributed by atoms with Crippen LogP contribution in [0.1, 0.15) is 35.4 Å². The highest BCUT2D eigenvalue weighted by Crippen LogP contribution is 2.44. The van der Waals surface area contributed by atoms with Gasteiger partial charge >= 0.3 is 0 Å². The topological polar surface area (TPSA) is 67.7 Å². The largest absolute Gasteiger partial charge is 0.396 e. The van der Waals surface area contributed by atoms with Crippen molar-refractivity contribution in [1.29, 1.82) is 0 Å². The number of aromatic nitrogens is 1. The Bertz CT molecular complexity index is 1080. The molecule has 0 aliphatic heterocycles. The van der Waals surface area contributed by atoms with E-state index >= 15 is 0 Å². The molecule has 3 N–H and O–H groups in total. The normalized spacial score (nSPS) is 14.2. The maximum absolute atomic E-state index is 12.7. The first-order chi connectivity index (χ1) is 12.4. The maximum Gasteiger partial charge on any atom is 0.260 e. The van der Waals surface area contributed by atoms with E-state index in [0.29, 0.717) is 27.2 Å². The molecule has 1 aliphatic rings. The van der Waals surface area contributed by atoms with Gasteiger partial charge in [-0.2, -0.15) is 0 Å². The fraction of sp³-hybridized carbons (Fsp3) is 0.250. The third-order valence-electron chi connectivity index (χ3n) is 5.06. The summed E-state index contributed by atoms with van der Waals surface area (Å²) in [6, 6.07) is 7.31. The second kappa shape index (κ2) is 6.31. The van der Waals surface area contributed by atoms with Gasteiger partial charge < -0.3 is 10.8 Å². The van der Waals surface area contributed by atoms with Crippen LogP contribution in [0.25, 0.3) is 16.6 Å². The van der Waals surface area contributed by atoms with Crippen molar-refractivity contribution < 1.29 is 5.11 Å². The number of nitrogens with two attached hydrogens (primary N) is 1. The average Bonchev–Trinajstić information content (AvgIpc) is 3.45. The number of benzene rings is 1. The second-order valence-electron chi connectivity index (χ2n) is 6.79.